The Morgan fingerprint density at radius 1 is 1.69 bits per heavy atom. The van der Waals surface area contributed by atoms with Crippen LogP contribution >= 0.6 is 0 Å². The molecule has 1 aliphatic rings. The summed E-state index contributed by atoms with van der Waals surface area (Å²) in [5, 5.41) is 7.18. The molecule has 1 aromatic rings. The molecule has 2 atom stereocenters. The van der Waals surface area contributed by atoms with Gasteiger partial charge >= 0.3 is 0 Å². The third kappa shape index (κ3) is 1.62. The van der Waals surface area contributed by atoms with Crippen molar-refractivity contribution in [2.75, 3.05) is 0 Å². The maximum absolute atomic E-state index is 4.10. The van der Waals surface area contributed by atoms with E-state index in [4.69, 9.17) is 0 Å². The molecule has 0 radical (unpaired) electrons. The minimum absolute atomic E-state index is 0.864. The Balaban J connectivity index is 2.08. The zero-order valence-electron chi connectivity index (χ0n) is 8.51. The van der Waals surface area contributed by atoms with Gasteiger partial charge < -0.3 is 0 Å². The fourth-order valence-electron chi connectivity index (χ4n) is 2.26. The van der Waals surface area contributed by atoms with Gasteiger partial charge in [-0.1, -0.05) is 20.3 Å². The topological polar surface area (TPSA) is 28.7 Å². The largest absolute Gasteiger partial charge is 0.282 e. The predicted octanol–water partition coefficient (Wildman–Crippen LogP) is 2.56. The minimum atomic E-state index is 0.864. The minimum Gasteiger partial charge on any atom is -0.282 e. The number of hydrogen-bond acceptors (Lipinski definition) is 1. The first-order valence-corrected chi connectivity index (χ1v) is 5.32. The van der Waals surface area contributed by atoms with Gasteiger partial charge in [-0.2, -0.15) is 5.10 Å². The number of aryl methyl sites for hydroxylation is 1. The molecule has 72 valence electrons. The van der Waals surface area contributed by atoms with E-state index in [-0.39, 0.29) is 0 Å². The van der Waals surface area contributed by atoms with E-state index in [1.807, 2.05) is 6.20 Å². The van der Waals surface area contributed by atoms with E-state index in [9.17, 15) is 0 Å². The SMILES string of the molecule is CCC(C)C1CCc2[nH]ncc2C1. The summed E-state index contributed by atoms with van der Waals surface area (Å²) in [6.07, 6.45) is 7.08. The molecule has 2 unspecified atom stereocenters. The van der Waals surface area contributed by atoms with Crippen LogP contribution in [0.25, 0.3) is 0 Å². The molecule has 0 bridgehead atoms. The first-order valence-electron chi connectivity index (χ1n) is 5.32. The first-order chi connectivity index (χ1) is 6.31. The second-order valence-corrected chi connectivity index (χ2v) is 4.26. The van der Waals surface area contributed by atoms with Crippen LogP contribution in [0.2, 0.25) is 0 Å². The number of H-pyrrole nitrogens is 1. The standard InChI is InChI=1S/C11H18N2/c1-3-8(2)9-4-5-11-10(6-9)7-12-13-11/h7-9H,3-6H2,1-2H3,(H,12,13). The fourth-order valence-corrected chi connectivity index (χ4v) is 2.26. The number of aromatic amines is 1. The van der Waals surface area contributed by atoms with E-state index in [2.05, 4.69) is 24.0 Å². The molecule has 1 aliphatic carbocycles. The Morgan fingerprint density at radius 2 is 2.54 bits per heavy atom. The highest BCUT2D eigenvalue weighted by Gasteiger charge is 2.23. The van der Waals surface area contributed by atoms with E-state index in [1.54, 1.807) is 0 Å². The zero-order chi connectivity index (χ0) is 9.26. The Labute approximate surface area is 79.7 Å². The van der Waals surface area contributed by atoms with Crippen LogP contribution in [0.4, 0.5) is 0 Å². The summed E-state index contributed by atoms with van der Waals surface area (Å²) in [6.45, 7) is 4.66. The quantitative estimate of drug-likeness (QED) is 0.740. The number of hydrogen-bond donors (Lipinski definition) is 1. The second-order valence-electron chi connectivity index (χ2n) is 4.26. The van der Waals surface area contributed by atoms with Gasteiger partial charge in [-0.15, -0.1) is 0 Å². The summed E-state index contributed by atoms with van der Waals surface area (Å²) >= 11 is 0. The summed E-state index contributed by atoms with van der Waals surface area (Å²) < 4.78 is 0. The van der Waals surface area contributed by atoms with Gasteiger partial charge in [0.25, 0.3) is 0 Å². The molecule has 0 aliphatic heterocycles. The summed E-state index contributed by atoms with van der Waals surface area (Å²) in [5.41, 5.74) is 2.83. The number of fused-ring (bicyclic) bond motifs is 1. The number of aromatic nitrogens is 2. The maximum Gasteiger partial charge on any atom is 0.0522 e. The number of nitrogens with zero attached hydrogens (tertiary/aromatic N) is 1. The van der Waals surface area contributed by atoms with E-state index in [1.165, 1.54) is 36.9 Å². The zero-order valence-corrected chi connectivity index (χ0v) is 8.51. The van der Waals surface area contributed by atoms with Crippen molar-refractivity contribution in [2.24, 2.45) is 11.8 Å². The van der Waals surface area contributed by atoms with Crippen molar-refractivity contribution in [3.05, 3.63) is 17.5 Å². The molecule has 0 amide bonds. The summed E-state index contributed by atoms with van der Waals surface area (Å²) in [7, 11) is 0. The van der Waals surface area contributed by atoms with Crippen molar-refractivity contribution in [3.63, 3.8) is 0 Å². The third-order valence-corrected chi connectivity index (χ3v) is 3.50. The molecule has 0 fully saturated rings. The van der Waals surface area contributed by atoms with Gasteiger partial charge in [0.1, 0.15) is 0 Å². The Hall–Kier alpha value is -0.790. The van der Waals surface area contributed by atoms with E-state index in [0.29, 0.717) is 0 Å². The van der Waals surface area contributed by atoms with Crippen molar-refractivity contribution < 1.29 is 0 Å². The van der Waals surface area contributed by atoms with Crippen molar-refractivity contribution in [1.82, 2.24) is 10.2 Å². The Morgan fingerprint density at radius 3 is 3.31 bits per heavy atom. The van der Waals surface area contributed by atoms with Gasteiger partial charge in [0, 0.05) is 5.69 Å². The van der Waals surface area contributed by atoms with Crippen LogP contribution in [0.5, 0.6) is 0 Å². The Kier molecular flexibility index (Phi) is 2.38. The highest BCUT2D eigenvalue weighted by molar-refractivity contribution is 5.20. The van der Waals surface area contributed by atoms with Crippen LogP contribution in [0.3, 0.4) is 0 Å². The van der Waals surface area contributed by atoms with Gasteiger partial charge in [0.15, 0.2) is 0 Å². The van der Waals surface area contributed by atoms with Crippen LogP contribution in [-0.2, 0) is 12.8 Å². The molecule has 0 saturated heterocycles. The molecular formula is C11H18N2. The number of nitrogens with one attached hydrogen (secondary N) is 1. The Bertz CT molecular complexity index is 277. The van der Waals surface area contributed by atoms with Gasteiger partial charge in [-0.05, 0) is 36.7 Å². The number of rotatable bonds is 2. The third-order valence-electron chi connectivity index (χ3n) is 3.50. The normalized spacial score (nSPS) is 24.0. The molecule has 2 rings (SSSR count). The van der Waals surface area contributed by atoms with E-state index >= 15 is 0 Å². The smallest absolute Gasteiger partial charge is 0.0522 e. The van der Waals surface area contributed by atoms with Crippen molar-refractivity contribution in [2.45, 2.75) is 39.5 Å². The van der Waals surface area contributed by atoms with E-state index in [0.717, 1.165) is 11.8 Å². The fraction of sp³-hybridized carbons (Fsp3) is 0.727. The summed E-state index contributed by atoms with van der Waals surface area (Å²) in [4.78, 5) is 0. The molecule has 0 saturated carbocycles. The summed E-state index contributed by atoms with van der Waals surface area (Å²) in [6, 6.07) is 0. The molecule has 0 spiro atoms. The van der Waals surface area contributed by atoms with E-state index < -0.39 is 0 Å². The van der Waals surface area contributed by atoms with Crippen molar-refractivity contribution in [1.29, 1.82) is 0 Å². The highest BCUT2D eigenvalue weighted by atomic mass is 15.1. The van der Waals surface area contributed by atoms with Crippen LogP contribution in [-0.4, -0.2) is 10.2 Å². The van der Waals surface area contributed by atoms with Crippen LogP contribution in [0, 0.1) is 11.8 Å². The molecule has 1 heterocycles. The summed E-state index contributed by atoms with van der Waals surface area (Å²) in [5.74, 6) is 1.75. The monoisotopic (exact) mass is 178 g/mol. The average Bonchev–Trinajstić information content (AvgIpc) is 2.63. The van der Waals surface area contributed by atoms with Gasteiger partial charge in [-0.25, -0.2) is 0 Å². The van der Waals surface area contributed by atoms with Crippen LogP contribution in [0.1, 0.15) is 37.9 Å². The average molecular weight is 178 g/mol. The van der Waals surface area contributed by atoms with Crippen LogP contribution in [0.15, 0.2) is 6.20 Å². The first kappa shape index (κ1) is 8.79. The lowest BCUT2D eigenvalue weighted by molar-refractivity contribution is 0.312. The molecule has 0 aromatic carbocycles. The maximum atomic E-state index is 4.10. The molecule has 13 heavy (non-hydrogen) atoms. The second kappa shape index (κ2) is 3.52. The lowest BCUT2D eigenvalue weighted by Crippen LogP contribution is -2.19. The highest BCUT2D eigenvalue weighted by Crippen LogP contribution is 2.30. The van der Waals surface area contributed by atoms with Crippen LogP contribution < -0.4 is 0 Å². The van der Waals surface area contributed by atoms with Gasteiger partial charge in [-0.3, -0.25) is 5.10 Å². The van der Waals surface area contributed by atoms with Crippen molar-refractivity contribution >= 4 is 0 Å². The van der Waals surface area contributed by atoms with Crippen molar-refractivity contribution in [3.8, 4) is 0 Å². The molecule has 1 aromatic heterocycles. The molecular weight excluding hydrogens is 160 g/mol. The lowest BCUT2D eigenvalue weighted by Gasteiger charge is -2.26. The predicted molar refractivity (Wildman–Crippen MR) is 53.6 cm³/mol. The van der Waals surface area contributed by atoms with Gasteiger partial charge in [0.05, 0.1) is 6.20 Å². The van der Waals surface area contributed by atoms with Gasteiger partial charge in [0.2, 0.25) is 0 Å². The lowest BCUT2D eigenvalue weighted by atomic mass is 9.79. The molecule has 2 nitrogen and oxygen atoms in total. The molecule has 2 heteroatoms. The molecule has 1 N–H and O–H groups in total.